The van der Waals surface area contributed by atoms with Crippen molar-refractivity contribution < 1.29 is 0 Å². The molecular formula is C17H30N4. The first-order valence-electron chi connectivity index (χ1n) is 7.97. The first-order valence-corrected chi connectivity index (χ1v) is 7.97. The molecule has 0 spiro atoms. The number of hydrogen-bond acceptors (Lipinski definition) is 4. The minimum atomic E-state index is 0.122. The molecule has 1 saturated heterocycles. The minimum Gasteiger partial charge on any atom is -0.355 e. The number of nitrogens with zero attached hydrogens (tertiary/aromatic N) is 3. The SMILES string of the molecule is CN1CCCC(N(C)c2ncccc2CNC(C)(C)C)C1. The summed E-state index contributed by atoms with van der Waals surface area (Å²) >= 11 is 0. The third-order valence-electron chi connectivity index (χ3n) is 4.16. The molecule has 1 fully saturated rings. The van der Waals surface area contributed by atoms with Gasteiger partial charge in [-0.05, 0) is 53.3 Å². The van der Waals surface area contributed by atoms with Gasteiger partial charge in [-0.25, -0.2) is 4.98 Å². The predicted octanol–water partition coefficient (Wildman–Crippen LogP) is 2.50. The average Bonchev–Trinajstić information content (AvgIpc) is 2.44. The van der Waals surface area contributed by atoms with Gasteiger partial charge >= 0.3 is 0 Å². The van der Waals surface area contributed by atoms with Crippen LogP contribution >= 0.6 is 0 Å². The van der Waals surface area contributed by atoms with Crippen LogP contribution in [0.25, 0.3) is 0 Å². The predicted molar refractivity (Wildman–Crippen MR) is 89.8 cm³/mol. The molecule has 4 heteroatoms. The van der Waals surface area contributed by atoms with E-state index in [-0.39, 0.29) is 5.54 Å². The molecule has 21 heavy (non-hydrogen) atoms. The molecule has 1 aromatic heterocycles. The number of likely N-dealkylation sites (tertiary alicyclic amines) is 1. The highest BCUT2D eigenvalue weighted by Gasteiger charge is 2.23. The summed E-state index contributed by atoms with van der Waals surface area (Å²) in [6.07, 6.45) is 4.43. The lowest BCUT2D eigenvalue weighted by atomic mass is 10.0. The van der Waals surface area contributed by atoms with Crippen molar-refractivity contribution in [3.05, 3.63) is 23.9 Å². The van der Waals surface area contributed by atoms with Gasteiger partial charge in [0, 0.05) is 43.5 Å². The Balaban J connectivity index is 2.11. The largest absolute Gasteiger partial charge is 0.355 e. The van der Waals surface area contributed by atoms with Gasteiger partial charge in [0.15, 0.2) is 0 Å². The van der Waals surface area contributed by atoms with Gasteiger partial charge in [0.1, 0.15) is 5.82 Å². The van der Waals surface area contributed by atoms with Gasteiger partial charge in [0.2, 0.25) is 0 Å². The van der Waals surface area contributed by atoms with Crippen LogP contribution in [0.5, 0.6) is 0 Å². The molecule has 0 saturated carbocycles. The van der Waals surface area contributed by atoms with Gasteiger partial charge in [-0.15, -0.1) is 0 Å². The molecule has 4 nitrogen and oxygen atoms in total. The van der Waals surface area contributed by atoms with E-state index in [0.717, 1.165) is 18.9 Å². The van der Waals surface area contributed by atoms with E-state index in [1.54, 1.807) is 0 Å². The zero-order valence-electron chi connectivity index (χ0n) is 14.2. The summed E-state index contributed by atoms with van der Waals surface area (Å²) in [5.41, 5.74) is 1.40. The summed E-state index contributed by atoms with van der Waals surface area (Å²) in [6, 6.07) is 4.78. The lowest BCUT2D eigenvalue weighted by Gasteiger charge is -2.37. The summed E-state index contributed by atoms with van der Waals surface area (Å²) in [5, 5.41) is 3.57. The van der Waals surface area contributed by atoms with Crippen LogP contribution in [0.1, 0.15) is 39.2 Å². The van der Waals surface area contributed by atoms with Crippen LogP contribution < -0.4 is 10.2 Å². The first kappa shape index (κ1) is 16.2. The number of likely N-dealkylation sites (N-methyl/N-ethyl adjacent to an activating group) is 2. The number of hydrogen-bond donors (Lipinski definition) is 1. The standard InChI is InChI=1S/C17H30N4/c1-17(2,3)19-12-14-8-6-10-18-16(14)21(5)15-9-7-11-20(4)13-15/h6,8,10,15,19H,7,9,11-13H2,1-5H3. The number of pyridine rings is 1. The molecule has 2 rings (SSSR count). The van der Waals surface area contributed by atoms with Crippen LogP contribution in [0.2, 0.25) is 0 Å². The maximum atomic E-state index is 4.65. The first-order chi connectivity index (χ1) is 9.87. The number of piperidine rings is 1. The molecule has 1 atom stereocenters. The molecule has 1 aliphatic heterocycles. The highest BCUT2D eigenvalue weighted by Crippen LogP contribution is 2.23. The van der Waals surface area contributed by atoms with Crippen LogP contribution in [0.15, 0.2) is 18.3 Å². The van der Waals surface area contributed by atoms with Gasteiger partial charge in [-0.2, -0.15) is 0 Å². The molecule has 118 valence electrons. The summed E-state index contributed by atoms with van der Waals surface area (Å²) in [4.78, 5) is 9.43. The topological polar surface area (TPSA) is 31.4 Å². The molecule has 1 aromatic rings. The van der Waals surface area contributed by atoms with Crippen LogP contribution in [-0.2, 0) is 6.54 Å². The summed E-state index contributed by atoms with van der Waals surface area (Å²) in [6.45, 7) is 9.79. The molecule has 2 heterocycles. The Morgan fingerprint density at radius 3 is 2.86 bits per heavy atom. The minimum absolute atomic E-state index is 0.122. The van der Waals surface area contributed by atoms with Crippen molar-refractivity contribution in [2.24, 2.45) is 0 Å². The fourth-order valence-corrected chi connectivity index (χ4v) is 2.87. The molecule has 0 aromatic carbocycles. The van der Waals surface area contributed by atoms with E-state index in [1.165, 1.54) is 24.9 Å². The van der Waals surface area contributed by atoms with E-state index in [0.29, 0.717) is 6.04 Å². The van der Waals surface area contributed by atoms with Crippen molar-refractivity contribution in [2.45, 2.75) is 51.7 Å². The number of anilines is 1. The second kappa shape index (κ2) is 6.75. The lowest BCUT2D eigenvalue weighted by Crippen LogP contribution is -2.45. The Kier molecular flexibility index (Phi) is 5.22. The Hall–Kier alpha value is -1.13. The van der Waals surface area contributed by atoms with Crippen LogP contribution in [-0.4, -0.2) is 48.6 Å². The van der Waals surface area contributed by atoms with E-state index < -0.39 is 0 Å². The fraction of sp³-hybridized carbons (Fsp3) is 0.706. The Labute approximate surface area is 129 Å². The van der Waals surface area contributed by atoms with E-state index in [1.807, 2.05) is 12.3 Å². The van der Waals surface area contributed by atoms with Crippen molar-refractivity contribution in [3.63, 3.8) is 0 Å². The number of nitrogens with one attached hydrogen (secondary N) is 1. The third-order valence-corrected chi connectivity index (χ3v) is 4.16. The zero-order chi connectivity index (χ0) is 15.5. The maximum Gasteiger partial charge on any atom is 0.133 e. The molecule has 0 bridgehead atoms. The molecule has 0 aliphatic carbocycles. The van der Waals surface area contributed by atoms with Crippen molar-refractivity contribution in [2.75, 3.05) is 32.1 Å². The van der Waals surface area contributed by atoms with Crippen molar-refractivity contribution in [1.82, 2.24) is 15.2 Å². The molecule has 1 unspecified atom stereocenters. The highest BCUT2D eigenvalue weighted by molar-refractivity contribution is 5.47. The number of rotatable bonds is 4. The van der Waals surface area contributed by atoms with Gasteiger partial charge in [0.05, 0.1) is 0 Å². The second-order valence-electron chi connectivity index (χ2n) is 7.26. The third kappa shape index (κ3) is 4.68. The Morgan fingerprint density at radius 1 is 1.43 bits per heavy atom. The summed E-state index contributed by atoms with van der Waals surface area (Å²) < 4.78 is 0. The Morgan fingerprint density at radius 2 is 2.19 bits per heavy atom. The second-order valence-corrected chi connectivity index (χ2v) is 7.26. The van der Waals surface area contributed by atoms with E-state index in [9.17, 15) is 0 Å². The van der Waals surface area contributed by atoms with Crippen molar-refractivity contribution >= 4 is 5.82 Å². The maximum absolute atomic E-state index is 4.65. The highest BCUT2D eigenvalue weighted by atomic mass is 15.2. The van der Waals surface area contributed by atoms with Gasteiger partial charge in [-0.1, -0.05) is 6.07 Å². The quantitative estimate of drug-likeness (QED) is 0.923. The summed E-state index contributed by atoms with van der Waals surface area (Å²) in [7, 11) is 4.40. The van der Waals surface area contributed by atoms with Crippen LogP contribution in [0.4, 0.5) is 5.82 Å². The van der Waals surface area contributed by atoms with Crippen LogP contribution in [0.3, 0.4) is 0 Å². The van der Waals surface area contributed by atoms with E-state index >= 15 is 0 Å². The van der Waals surface area contributed by atoms with Gasteiger partial charge in [0.25, 0.3) is 0 Å². The van der Waals surface area contributed by atoms with Gasteiger partial charge in [-0.3, -0.25) is 0 Å². The average molecular weight is 290 g/mol. The van der Waals surface area contributed by atoms with Crippen LogP contribution in [0, 0.1) is 0 Å². The fourth-order valence-electron chi connectivity index (χ4n) is 2.87. The summed E-state index contributed by atoms with van der Waals surface area (Å²) in [5.74, 6) is 1.12. The smallest absolute Gasteiger partial charge is 0.133 e. The monoisotopic (exact) mass is 290 g/mol. The molecular weight excluding hydrogens is 260 g/mol. The molecule has 1 N–H and O–H groups in total. The van der Waals surface area contributed by atoms with Gasteiger partial charge < -0.3 is 15.1 Å². The zero-order valence-corrected chi connectivity index (χ0v) is 14.2. The molecule has 0 radical (unpaired) electrons. The molecule has 0 amide bonds. The Bertz CT molecular complexity index is 452. The van der Waals surface area contributed by atoms with Crippen molar-refractivity contribution in [1.29, 1.82) is 0 Å². The normalized spacial score (nSPS) is 20.5. The van der Waals surface area contributed by atoms with Crippen molar-refractivity contribution in [3.8, 4) is 0 Å². The number of aromatic nitrogens is 1. The van der Waals surface area contributed by atoms with E-state index in [2.05, 4.69) is 61.0 Å². The molecule has 1 aliphatic rings. The lowest BCUT2D eigenvalue weighted by molar-refractivity contribution is 0.247. The van der Waals surface area contributed by atoms with E-state index in [4.69, 9.17) is 0 Å².